The van der Waals surface area contributed by atoms with E-state index in [2.05, 4.69) is 0 Å². The van der Waals surface area contributed by atoms with Gasteiger partial charge in [0.1, 0.15) is 0 Å². The Bertz CT molecular complexity index is 197. The molecule has 0 aromatic heterocycles. The molecular weight excluding hydrogens is 164 g/mol. The Hall–Kier alpha value is -0.220. The van der Waals surface area contributed by atoms with Crippen LogP contribution in [0.25, 0.3) is 0 Å². The lowest BCUT2D eigenvalue weighted by atomic mass is 10.1. The van der Waals surface area contributed by atoms with Gasteiger partial charge >= 0.3 is 0 Å². The minimum atomic E-state index is -2.55. The van der Waals surface area contributed by atoms with Gasteiger partial charge in [-0.2, -0.15) is 0 Å². The Kier molecular flexibility index (Phi) is 1.67. The average Bonchev–Trinajstić information content (AvgIpc) is 2.35. The summed E-state index contributed by atoms with van der Waals surface area (Å²) in [6.45, 7) is 1.96. The number of hydrogen-bond acceptors (Lipinski definition) is 2. The van der Waals surface area contributed by atoms with Crippen molar-refractivity contribution in [3.8, 4) is 0 Å². The Morgan fingerprint density at radius 1 is 1.50 bits per heavy atom. The smallest absolute Gasteiger partial charge is 0.264 e. The van der Waals surface area contributed by atoms with Crippen molar-refractivity contribution in [2.75, 3.05) is 6.54 Å². The van der Waals surface area contributed by atoms with Crippen LogP contribution in [0.4, 0.5) is 8.78 Å². The molecule has 2 aliphatic heterocycles. The van der Waals surface area contributed by atoms with Gasteiger partial charge in [0, 0.05) is 19.0 Å². The predicted octanol–water partition coefficient (Wildman–Crippen LogP) is 0.849. The third-order valence-electron chi connectivity index (χ3n) is 3.05. The molecule has 2 heterocycles. The van der Waals surface area contributed by atoms with Crippen molar-refractivity contribution in [3.63, 3.8) is 0 Å². The Labute approximate surface area is 70.2 Å². The zero-order valence-corrected chi connectivity index (χ0v) is 7.00. The van der Waals surface area contributed by atoms with E-state index in [0.29, 0.717) is 13.0 Å². The van der Waals surface area contributed by atoms with E-state index in [1.54, 1.807) is 4.90 Å². The van der Waals surface area contributed by atoms with Crippen molar-refractivity contribution in [1.82, 2.24) is 4.90 Å². The van der Waals surface area contributed by atoms with Gasteiger partial charge in [-0.25, -0.2) is 8.78 Å². The molecule has 2 saturated heterocycles. The molecule has 2 fully saturated rings. The lowest BCUT2D eigenvalue weighted by Gasteiger charge is -2.22. The average molecular weight is 177 g/mol. The van der Waals surface area contributed by atoms with Crippen molar-refractivity contribution in [2.45, 2.75) is 43.9 Å². The number of hydrogen-bond donors (Lipinski definition) is 1. The van der Waals surface area contributed by atoms with Gasteiger partial charge in [-0.3, -0.25) is 4.90 Å². The summed E-state index contributed by atoms with van der Waals surface area (Å²) in [5.74, 6) is -2.55. The molecule has 2 rings (SSSR count). The zero-order valence-electron chi connectivity index (χ0n) is 7.00. The van der Waals surface area contributed by atoms with Crippen LogP contribution >= 0.6 is 0 Å². The molecule has 0 amide bonds. The van der Waals surface area contributed by atoms with Gasteiger partial charge < -0.3 is 5.11 Å². The van der Waals surface area contributed by atoms with E-state index in [-0.39, 0.29) is 12.5 Å². The van der Waals surface area contributed by atoms with E-state index in [9.17, 15) is 13.9 Å². The van der Waals surface area contributed by atoms with Gasteiger partial charge in [0.05, 0.1) is 12.1 Å². The number of aliphatic hydroxyl groups excluding tert-OH is 1. The molecule has 0 saturated carbocycles. The summed E-state index contributed by atoms with van der Waals surface area (Å²) in [7, 11) is 0. The van der Waals surface area contributed by atoms with Gasteiger partial charge in [0.2, 0.25) is 0 Å². The van der Waals surface area contributed by atoms with E-state index in [1.165, 1.54) is 6.92 Å². The van der Waals surface area contributed by atoms with Crippen molar-refractivity contribution in [2.24, 2.45) is 0 Å². The number of nitrogens with zero attached hydrogens (tertiary/aromatic N) is 1. The highest BCUT2D eigenvalue weighted by molar-refractivity contribution is 5.02. The molecule has 0 radical (unpaired) electrons. The minimum Gasteiger partial charge on any atom is -0.392 e. The summed E-state index contributed by atoms with van der Waals surface area (Å²) < 4.78 is 26.1. The van der Waals surface area contributed by atoms with Gasteiger partial charge in [0.25, 0.3) is 5.92 Å². The second-order valence-corrected chi connectivity index (χ2v) is 3.88. The molecule has 0 aromatic carbocycles. The van der Waals surface area contributed by atoms with E-state index < -0.39 is 18.1 Å². The first-order valence-corrected chi connectivity index (χ1v) is 4.32. The molecule has 70 valence electrons. The molecule has 0 spiro atoms. The van der Waals surface area contributed by atoms with Crippen LogP contribution in [-0.2, 0) is 0 Å². The second-order valence-electron chi connectivity index (χ2n) is 3.88. The topological polar surface area (TPSA) is 23.5 Å². The molecule has 12 heavy (non-hydrogen) atoms. The highest BCUT2D eigenvalue weighted by Crippen LogP contribution is 2.42. The van der Waals surface area contributed by atoms with Gasteiger partial charge in [-0.05, 0) is 13.3 Å². The van der Waals surface area contributed by atoms with Gasteiger partial charge in [-0.15, -0.1) is 0 Å². The molecule has 4 heteroatoms. The number of fused-ring (bicyclic) bond motifs is 1. The van der Waals surface area contributed by atoms with Crippen molar-refractivity contribution in [1.29, 1.82) is 0 Å². The number of rotatable bonds is 0. The van der Waals surface area contributed by atoms with E-state index in [0.717, 1.165) is 0 Å². The fourth-order valence-electron chi connectivity index (χ4n) is 2.32. The normalized spacial score (nSPS) is 46.5. The first-order chi connectivity index (χ1) is 5.50. The number of halogens is 2. The summed E-state index contributed by atoms with van der Waals surface area (Å²) in [4.78, 5) is 1.73. The fraction of sp³-hybridized carbons (Fsp3) is 1.00. The van der Waals surface area contributed by atoms with E-state index in [1.807, 2.05) is 0 Å². The van der Waals surface area contributed by atoms with Crippen LogP contribution in [0.5, 0.6) is 0 Å². The Balaban J connectivity index is 2.14. The van der Waals surface area contributed by atoms with Crippen LogP contribution in [0.2, 0.25) is 0 Å². The van der Waals surface area contributed by atoms with Crippen LogP contribution in [-0.4, -0.2) is 40.7 Å². The Morgan fingerprint density at radius 3 is 2.75 bits per heavy atom. The van der Waals surface area contributed by atoms with Crippen LogP contribution in [0.3, 0.4) is 0 Å². The molecule has 2 aliphatic rings. The lowest BCUT2D eigenvalue weighted by molar-refractivity contribution is -0.0301. The third-order valence-corrected chi connectivity index (χ3v) is 3.05. The molecule has 1 N–H and O–H groups in total. The summed E-state index contributed by atoms with van der Waals surface area (Å²) in [6, 6.07) is -0.787. The standard InChI is InChI=1S/C8H13F2NO/c1-5-8(9,10)3-6-2-7(12)4-11(5)6/h5-7,12H,2-4H2,1H3. The maximum atomic E-state index is 13.1. The quantitative estimate of drug-likeness (QED) is 0.593. The molecule has 2 nitrogen and oxygen atoms in total. The van der Waals surface area contributed by atoms with Crippen LogP contribution < -0.4 is 0 Å². The van der Waals surface area contributed by atoms with Crippen molar-refractivity contribution < 1.29 is 13.9 Å². The van der Waals surface area contributed by atoms with Crippen molar-refractivity contribution >= 4 is 0 Å². The monoisotopic (exact) mass is 177 g/mol. The molecule has 0 aromatic rings. The number of aliphatic hydroxyl groups is 1. The second kappa shape index (κ2) is 2.39. The van der Waals surface area contributed by atoms with Gasteiger partial charge in [-0.1, -0.05) is 0 Å². The maximum absolute atomic E-state index is 13.1. The van der Waals surface area contributed by atoms with Crippen LogP contribution in [0.1, 0.15) is 19.8 Å². The molecule has 3 unspecified atom stereocenters. The SMILES string of the molecule is CC1N2CC(O)CC2CC1(F)F. The van der Waals surface area contributed by atoms with E-state index >= 15 is 0 Å². The molecule has 0 aliphatic carbocycles. The van der Waals surface area contributed by atoms with Crippen LogP contribution in [0, 0.1) is 0 Å². The summed E-state index contributed by atoms with van der Waals surface area (Å²) in [6.07, 6.45) is 0.0408. The highest BCUT2D eigenvalue weighted by atomic mass is 19.3. The molecule has 0 bridgehead atoms. The summed E-state index contributed by atoms with van der Waals surface area (Å²) in [5, 5.41) is 9.24. The largest absolute Gasteiger partial charge is 0.392 e. The Morgan fingerprint density at radius 2 is 2.17 bits per heavy atom. The number of alkyl halides is 2. The minimum absolute atomic E-state index is 0.0781. The first-order valence-electron chi connectivity index (χ1n) is 4.32. The lowest BCUT2D eigenvalue weighted by Crippen LogP contribution is -2.37. The predicted molar refractivity (Wildman–Crippen MR) is 40.1 cm³/mol. The van der Waals surface area contributed by atoms with Gasteiger partial charge in [0.15, 0.2) is 0 Å². The van der Waals surface area contributed by atoms with Crippen LogP contribution in [0.15, 0.2) is 0 Å². The molecule has 3 atom stereocenters. The fourth-order valence-corrected chi connectivity index (χ4v) is 2.32. The van der Waals surface area contributed by atoms with Crippen molar-refractivity contribution in [3.05, 3.63) is 0 Å². The van der Waals surface area contributed by atoms with E-state index in [4.69, 9.17) is 0 Å². The summed E-state index contributed by atoms with van der Waals surface area (Å²) >= 11 is 0. The maximum Gasteiger partial charge on any atom is 0.264 e. The zero-order chi connectivity index (χ0) is 8.93. The summed E-state index contributed by atoms with van der Waals surface area (Å²) in [5.41, 5.74) is 0. The highest BCUT2D eigenvalue weighted by Gasteiger charge is 2.54. The first kappa shape index (κ1) is 8.38. The molecular formula is C8H13F2NO. The third kappa shape index (κ3) is 1.05.